The second kappa shape index (κ2) is 8.19. The van der Waals surface area contributed by atoms with Crippen molar-refractivity contribution in [1.82, 2.24) is 10.3 Å². The molecule has 1 aromatic heterocycles. The molecule has 28 heavy (non-hydrogen) atoms. The molecule has 2 aromatic carbocycles. The van der Waals surface area contributed by atoms with Crippen molar-refractivity contribution < 1.29 is 14.3 Å². The number of amides is 1. The van der Waals surface area contributed by atoms with Gasteiger partial charge in [0.15, 0.2) is 11.5 Å². The molecule has 2 N–H and O–H groups in total. The molecule has 0 unspecified atom stereocenters. The largest absolute Gasteiger partial charge is 0.486 e. The van der Waals surface area contributed by atoms with Crippen LogP contribution in [0, 0.1) is 0 Å². The van der Waals surface area contributed by atoms with Crippen LogP contribution in [0.25, 0.3) is 0 Å². The van der Waals surface area contributed by atoms with E-state index in [4.69, 9.17) is 21.1 Å². The second-order valence-corrected chi connectivity index (χ2v) is 6.63. The predicted molar refractivity (Wildman–Crippen MR) is 108 cm³/mol. The van der Waals surface area contributed by atoms with E-state index in [1.165, 1.54) is 6.20 Å². The highest BCUT2D eigenvalue weighted by Gasteiger charge is 2.12. The van der Waals surface area contributed by atoms with Gasteiger partial charge in [-0.1, -0.05) is 29.8 Å². The molecule has 2 heterocycles. The van der Waals surface area contributed by atoms with E-state index in [1.54, 1.807) is 18.3 Å². The summed E-state index contributed by atoms with van der Waals surface area (Å²) in [6.45, 7) is 1.42. The van der Waals surface area contributed by atoms with Gasteiger partial charge < -0.3 is 20.1 Å². The van der Waals surface area contributed by atoms with Crippen molar-refractivity contribution in [2.75, 3.05) is 18.5 Å². The average Bonchev–Trinajstić information content (AvgIpc) is 2.73. The molecule has 7 heteroatoms. The van der Waals surface area contributed by atoms with Gasteiger partial charge in [0, 0.05) is 29.5 Å². The second-order valence-electron chi connectivity index (χ2n) is 6.22. The SMILES string of the molecule is O=C(NCc1ccccc1Cl)c1cncc(Nc2ccc3c(c2)OCCO3)c1. The van der Waals surface area contributed by atoms with Crippen LogP contribution in [-0.4, -0.2) is 24.1 Å². The Labute approximate surface area is 167 Å². The fraction of sp³-hybridized carbons (Fsp3) is 0.143. The Kier molecular flexibility index (Phi) is 5.30. The summed E-state index contributed by atoms with van der Waals surface area (Å²) in [6.07, 6.45) is 3.18. The molecule has 0 bridgehead atoms. The van der Waals surface area contributed by atoms with Crippen LogP contribution in [0.2, 0.25) is 5.02 Å². The Morgan fingerprint density at radius 1 is 1.00 bits per heavy atom. The molecule has 0 radical (unpaired) electrons. The lowest BCUT2D eigenvalue weighted by Gasteiger charge is -2.19. The number of hydrogen-bond donors (Lipinski definition) is 2. The number of ether oxygens (including phenoxy) is 2. The summed E-state index contributed by atoms with van der Waals surface area (Å²) in [4.78, 5) is 16.6. The van der Waals surface area contributed by atoms with Crippen molar-refractivity contribution >= 4 is 28.9 Å². The van der Waals surface area contributed by atoms with Crippen molar-refractivity contribution in [2.45, 2.75) is 6.54 Å². The van der Waals surface area contributed by atoms with Gasteiger partial charge in [-0.2, -0.15) is 0 Å². The van der Waals surface area contributed by atoms with Gasteiger partial charge in [-0.15, -0.1) is 0 Å². The third-order valence-electron chi connectivity index (χ3n) is 4.23. The molecule has 0 spiro atoms. The van der Waals surface area contributed by atoms with E-state index in [1.807, 2.05) is 36.4 Å². The van der Waals surface area contributed by atoms with Crippen LogP contribution in [-0.2, 0) is 6.54 Å². The van der Waals surface area contributed by atoms with Crippen LogP contribution in [0.1, 0.15) is 15.9 Å². The Morgan fingerprint density at radius 3 is 2.68 bits per heavy atom. The number of pyridine rings is 1. The molecule has 0 saturated heterocycles. The van der Waals surface area contributed by atoms with Crippen LogP contribution in [0.15, 0.2) is 60.9 Å². The van der Waals surface area contributed by atoms with Crippen LogP contribution < -0.4 is 20.1 Å². The first-order chi connectivity index (χ1) is 13.7. The summed E-state index contributed by atoms with van der Waals surface area (Å²) in [5.74, 6) is 1.19. The summed E-state index contributed by atoms with van der Waals surface area (Å²) in [5, 5.41) is 6.71. The van der Waals surface area contributed by atoms with Gasteiger partial charge >= 0.3 is 0 Å². The van der Waals surface area contributed by atoms with Gasteiger partial charge in [-0.3, -0.25) is 9.78 Å². The number of nitrogens with one attached hydrogen (secondary N) is 2. The molecule has 0 saturated carbocycles. The first kappa shape index (κ1) is 18.1. The molecule has 1 aliphatic rings. The number of nitrogens with zero attached hydrogens (tertiary/aromatic N) is 1. The number of carbonyl (C=O) groups excluding carboxylic acids is 1. The number of aromatic nitrogens is 1. The Bertz CT molecular complexity index is 1010. The van der Waals surface area contributed by atoms with Gasteiger partial charge in [0.25, 0.3) is 5.91 Å². The summed E-state index contributed by atoms with van der Waals surface area (Å²) in [5.41, 5.74) is 2.83. The zero-order valence-corrected chi connectivity index (χ0v) is 15.7. The van der Waals surface area contributed by atoms with Gasteiger partial charge in [0.1, 0.15) is 13.2 Å². The predicted octanol–water partition coefficient (Wildman–Crippen LogP) is 4.18. The van der Waals surface area contributed by atoms with E-state index in [0.29, 0.717) is 41.8 Å². The van der Waals surface area contributed by atoms with E-state index in [0.717, 1.165) is 17.0 Å². The Morgan fingerprint density at radius 2 is 1.82 bits per heavy atom. The molecule has 3 aromatic rings. The first-order valence-corrected chi connectivity index (χ1v) is 9.20. The van der Waals surface area contributed by atoms with Gasteiger partial charge in [-0.05, 0) is 29.8 Å². The van der Waals surface area contributed by atoms with Crippen LogP contribution in [0.5, 0.6) is 11.5 Å². The minimum absolute atomic E-state index is 0.224. The molecule has 1 amide bonds. The van der Waals surface area contributed by atoms with E-state index in [-0.39, 0.29) is 5.91 Å². The number of rotatable bonds is 5. The number of carbonyl (C=O) groups is 1. The highest BCUT2D eigenvalue weighted by Crippen LogP contribution is 2.33. The Hall–Kier alpha value is -3.25. The average molecular weight is 396 g/mol. The zero-order chi connectivity index (χ0) is 19.3. The summed E-state index contributed by atoms with van der Waals surface area (Å²) >= 11 is 6.13. The minimum atomic E-state index is -0.224. The molecular weight excluding hydrogens is 378 g/mol. The molecule has 4 rings (SSSR count). The van der Waals surface area contributed by atoms with Crippen molar-refractivity contribution in [2.24, 2.45) is 0 Å². The number of fused-ring (bicyclic) bond motifs is 1. The van der Waals surface area contributed by atoms with Crippen molar-refractivity contribution in [3.8, 4) is 11.5 Å². The van der Waals surface area contributed by atoms with E-state index >= 15 is 0 Å². The normalized spacial score (nSPS) is 12.3. The molecule has 0 fully saturated rings. The van der Waals surface area contributed by atoms with Crippen molar-refractivity contribution in [3.05, 3.63) is 77.1 Å². The fourth-order valence-electron chi connectivity index (χ4n) is 2.84. The molecule has 0 aliphatic carbocycles. The number of halogens is 1. The van der Waals surface area contributed by atoms with Crippen LogP contribution in [0.3, 0.4) is 0 Å². The number of benzene rings is 2. The van der Waals surface area contributed by atoms with E-state index in [2.05, 4.69) is 15.6 Å². The quantitative estimate of drug-likeness (QED) is 0.678. The van der Waals surface area contributed by atoms with E-state index in [9.17, 15) is 4.79 Å². The van der Waals surface area contributed by atoms with Crippen LogP contribution in [0.4, 0.5) is 11.4 Å². The number of hydrogen-bond acceptors (Lipinski definition) is 5. The standard InChI is InChI=1S/C21H18ClN3O3/c22-18-4-2-1-3-14(18)12-24-21(26)15-9-17(13-23-11-15)25-16-5-6-19-20(10-16)28-8-7-27-19/h1-6,9-11,13,25H,7-8,12H2,(H,24,26). The summed E-state index contributed by atoms with van der Waals surface area (Å²) < 4.78 is 11.1. The minimum Gasteiger partial charge on any atom is -0.486 e. The van der Waals surface area contributed by atoms with Crippen LogP contribution >= 0.6 is 11.6 Å². The number of anilines is 2. The monoisotopic (exact) mass is 395 g/mol. The molecule has 6 nitrogen and oxygen atoms in total. The lowest BCUT2D eigenvalue weighted by Crippen LogP contribution is -2.23. The molecule has 142 valence electrons. The zero-order valence-electron chi connectivity index (χ0n) is 14.9. The van der Waals surface area contributed by atoms with Gasteiger partial charge in [0.2, 0.25) is 0 Å². The first-order valence-electron chi connectivity index (χ1n) is 8.82. The fourth-order valence-corrected chi connectivity index (χ4v) is 3.04. The highest BCUT2D eigenvalue weighted by atomic mass is 35.5. The molecule has 1 aliphatic heterocycles. The molecule has 0 atom stereocenters. The third kappa shape index (κ3) is 4.18. The summed E-state index contributed by atoms with van der Waals surface area (Å²) in [6, 6.07) is 14.7. The highest BCUT2D eigenvalue weighted by molar-refractivity contribution is 6.31. The van der Waals surface area contributed by atoms with Gasteiger partial charge in [0.05, 0.1) is 17.4 Å². The maximum atomic E-state index is 12.5. The maximum Gasteiger partial charge on any atom is 0.253 e. The lowest BCUT2D eigenvalue weighted by atomic mass is 10.2. The van der Waals surface area contributed by atoms with Crippen molar-refractivity contribution in [3.63, 3.8) is 0 Å². The van der Waals surface area contributed by atoms with E-state index < -0.39 is 0 Å². The smallest absolute Gasteiger partial charge is 0.253 e. The topological polar surface area (TPSA) is 72.5 Å². The maximum absolute atomic E-state index is 12.5. The third-order valence-corrected chi connectivity index (χ3v) is 4.60. The Balaban J connectivity index is 1.44. The lowest BCUT2D eigenvalue weighted by molar-refractivity contribution is 0.0950. The molecular formula is C21H18ClN3O3. The summed E-state index contributed by atoms with van der Waals surface area (Å²) in [7, 11) is 0. The van der Waals surface area contributed by atoms with Crippen molar-refractivity contribution in [1.29, 1.82) is 0 Å². The van der Waals surface area contributed by atoms with Gasteiger partial charge in [-0.25, -0.2) is 0 Å².